The summed E-state index contributed by atoms with van der Waals surface area (Å²) in [5.41, 5.74) is 0.471. The molecule has 0 N–H and O–H groups in total. The van der Waals surface area contributed by atoms with Crippen molar-refractivity contribution in [3.05, 3.63) is 17.5 Å². The van der Waals surface area contributed by atoms with E-state index in [2.05, 4.69) is 17.1 Å². The Balaban J connectivity index is 1.76. The Hall–Kier alpha value is -1.36. The number of fused-ring (bicyclic) bond motifs is 1. The van der Waals surface area contributed by atoms with Gasteiger partial charge in [0.25, 0.3) is 5.91 Å². The van der Waals surface area contributed by atoms with Crippen molar-refractivity contribution in [3.63, 3.8) is 0 Å². The lowest BCUT2D eigenvalue weighted by atomic mass is 9.84. The first kappa shape index (κ1) is 14.6. The Morgan fingerprint density at radius 1 is 1.38 bits per heavy atom. The number of hydrogen-bond donors (Lipinski definition) is 0. The molecule has 0 radical (unpaired) electrons. The van der Waals surface area contributed by atoms with Crippen molar-refractivity contribution in [2.75, 3.05) is 26.7 Å². The molecular weight excluding hydrogens is 266 g/mol. The van der Waals surface area contributed by atoms with Gasteiger partial charge in [-0.3, -0.25) is 4.79 Å². The quantitative estimate of drug-likeness (QED) is 0.839. The third kappa shape index (κ3) is 2.84. The van der Waals surface area contributed by atoms with Crippen LogP contribution in [0.1, 0.15) is 55.3 Å². The van der Waals surface area contributed by atoms with Crippen molar-refractivity contribution >= 4 is 5.91 Å². The third-order valence-electron chi connectivity index (χ3n) is 4.85. The van der Waals surface area contributed by atoms with Crippen LogP contribution < -0.4 is 0 Å². The van der Waals surface area contributed by atoms with E-state index in [1.54, 1.807) is 0 Å². The first-order valence-electron chi connectivity index (χ1n) is 8.02. The number of piperidine rings is 2. The molecule has 2 atom stereocenters. The van der Waals surface area contributed by atoms with Crippen LogP contribution in [-0.4, -0.2) is 53.6 Å². The molecule has 2 saturated heterocycles. The number of amides is 1. The van der Waals surface area contributed by atoms with Gasteiger partial charge in [-0.2, -0.15) is 0 Å². The summed E-state index contributed by atoms with van der Waals surface area (Å²) < 4.78 is 5.29. The maximum Gasteiger partial charge on any atom is 0.276 e. The van der Waals surface area contributed by atoms with E-state index < -0.39 is 0 Å². The molecule has 0 spiro atoms. The van der Waals surface area contributed by atoms with Gasteiger partial charge in [-0.25, -0.2) is 0 Å². The summed E-state index contributed by atoms with van der Waals surface area (Å²) in [6.45, 7) is 7.12. The van der Waals surface area contributed by atoms with Gasteiger partial charge >= 0.3 is 0 Å². The van der Waals surface area contributed by atoms with E-state index >= 15 is 0 Å². The smallest absolute Gasteiger partial charge is 0.276 e. The molecule has 2 aliphatic rings. The molecule has 116 valence electrons. The number of hydrogen-bond acceptors (Lipinski definition) is 4. The minimum Gasteiger partial charge on any atom is -0.360 e. The Morgan fingerprint density at radius 2 is 2.19 bits per heavy atom. The predicted molar refractivity (Wildman–Crippen MR) is 80.3 cm³/mol. The zero-order chi connectivity index (χ0) is 15.0. The molecule has 3 heterocycles. The first-order chi connectivity index (χ1) is 10.1. The molecule has 5 nitrogen and oxygen atoms in total. The van der Waals surface area contributed by atoms with Crippen LogP contribution in [0, 0.1) is 5.92 Å². The number of aromatic nitrogens is 1. The molecular formula is C16H25N3O2. The summed E-state index contributed by atoms with van der Waals surface area (Å²) in [6, 6.07) is 2.19. The molecule has 5 heteroatoms. The van der Waals surface area contributed by atoms with Crippen molar-refractivity contribution in [2.45, 2.75) is 45.1 Å². The van der Waals surface area contributed by atoms with Gasteiger partial charge in [0.1, 0.15) is 5.76 Å². The molecule has 21 heavy (non-hydrogen) atoms. The van der Waals surface area contributed by atoms with Crippen LogP contribution in [0.2, 0.25) is 0 Å². The highest BCUT2D eigenvalue weighted by molar-refractivity contribution is 5.92. The van der Waals surface area contributed by atoms with Gasteiger partial charge in [0, 0.05) is 31.1 Å². The summed E-state index contributed by atoms with van der Waals surface area (Å²) in [6.07, 6.45) is 3.40. The Kier molecular flexibility index (Phi) is 4.02. The number of carbonyl (C=O) groups is 1. The molecule has 0 saturated carbocycles. The second-order valence-electron chi connectivity index (χ2n) is 6.79. The lowest BCUT2D eigenvalue weighted by Gasteiger charge is -2.46. The zero-order valence-electron chi connectivity index (χ0n) is 13.2. The van der Waals surface area contributed by atoms with Gasteiger partial charge in [-0.15, -0.1) is 0 Å². The van der Waals surface area contributed by atoms with Crippen LogP contribution in [-0.2, 0) is 0 Å². The standard InChI is InChI=1S/C16H25N3O2/c1-11(2)15-9-13(17-21-15)16(20)19-7-4-5-12-10-18(3)8-6-14(12)19/h9,11-12,14H,4-8,10H2,1-3H3/t12-,14-/m0/s1. The van der Waals surface area contributed by atoms with E-state index in [0.29, 0.717) is 17.7 Å². The highest BCUT2D eigenvalue weighted by Gasteiger charge is 2.38. The molecule has 0 aromatic carbocycles. The lowest BCUT2D eigenvalue weighted by Crippen LogP contribution is -2.55. The minimum absolute atomic E-state index is 0.0462. The maximum atomic E-state index is 12.8. The SMILES string of the molecule is CC(C)c1cc(C(=O)N2CCC[C@H]3CN(C)CC[C@@H]32)no1. The Bertz CT molecular complexity index is 511. The Morgan fingerprint density at radius 3 is 2.90 bits per heavy atom. The highest BCUT2D eigenvalue weighted by Crippen LogP contribution is 2.31. The molecule has 1 aromatic rings. The van der Waals surface area contributed by atoms with Crippen LogP contribution >= 0.6 is 0 Å². The van der Waals surface area contributed by atoms with Gasteiger partial charge < -0.3 is 14.3 Å². The van der Waals surface area contributed by atoms with Crippen LogP contribution in [0.3, 0.4) is 0 Å². The van der Waals surface area contributed by atoms with Crippen LogP contribution in [0.25, 0.3) is 0 Å². The topological polar surface area (TPSA) is 49.6 Å². The molecule has 1 amide bonds. The number of carbonyl (C=O) groups excluding carboxylic acids is 1. The van der Waals surface area contributed by atoms with Crippen molar-refractivity contribution in [1.82, 2.24) is 15.0 Å². The highest BCUT2D eigenvalue weighted by atomic mass is 16.5. The van der Waals surface area contributed by atoms with Crippen molar-refractivity contribution in [1.29, 1.82) is 0 Å². The van der Waals surface area contributed by atoms with Gasteiger partial charge in [-0.05, 0) is 38.8 Å². The summed E-state index contributed by atoms with van der Waals surface area (Å²) in [4.78, 5) is 17.2. The van der Waals surface area contributed by atoms with E-state index in [1.807, 2.05) is 24.8 Å². The van der Waals surface area contributed by atoms with Crippen LogP contribution in [0.5, 0.6) is 0 Å². The summed E-state index contributed by atoms with van der Waals surface area (Å²) in [5.74, 6) is 1.70. The fraction of sp³-hybridized carbons (Fsp3) is 0.750. The second kappa shape index (κ2) is 5.79. The lowest BCUT2D eigenvalue weighted by molar-refractivity contribution is 0.0246. The van der Waals surface area contributed by atoms with Gasteiger partial charge in [0.15, 0.2) is 5.69 Å². The van der Waals surface area contributed by atoms with E-state index in [1.165, 1.54) is 6.42 Å². The maximum absolute atomic E-state index is 12.8. The van der Waals surface area contributed by atoms with Crippen molar-refractivity contribution in [2.24, 2.45) is 5.92 Å². The van der Waals surface area contributed by atoms with Crippen LogP contribution in [0.4, 0.5) is 0 Å². The number of rotatable bonds is 2. The molecule has 3 rings (SSSR count). The average molecular weight is 291 g/mol. The van der Waals surface area contributed by atoms with E-state index in [4.69, 9.17) is 4.52 Å². The molecule has 2 aliphatic heterocycles. The molecule has 0 bridgehead atoms. The summed E-state index contributed by atoms with van der Waals surface area (Å²) in [5, 5.41) is 3.99. The normalized spacial score (nSPS) is 27.0. The van der Waals surface area contributed by atoms with E-state index in [0.717, 1.165) is 38.2 Å². The predicted octanol–water partition coefficient (Wildman–Crippen LogP) is 2.35. The Labute approximate surface area is 126 Å². The van der Waals surface area contributed by atoms with Gasteiger partial charge in [-0.1, -0.05) is 19.0 Å². The second-order valence-corrected chi connectivity index (χ2v) is 6.79. The van der Waals surface area contributed by atoms with Crippen molar-refractivity contribution < 1.29 is 9.32 Å². The zero-order valence-corrected chi connectivity index (χ0v) is 13.2. The minimum atomic E-state index is 0.0462. The molecule has 0 unspecified atom stereocenters. The number of nitrogens with zero attached hydrogens (tertiary/aromatic N) is 3. The molecule has 1 aromatic heterocycles. The van der Waals surface area contributed by atoms with Gasteiger partial charge in [0.05, 0.1) is 0 Å². The molecule has 0 aliphatic carbocycles. The van der Waals surface area contributed by atoms with Gasteiger partial charge in [0.2, 0.25) is 0 Å². The van der Waals surface area contributed by atoms with E-state index in [9.17, 15) is 4.79 Å². The molecule has 2 fully saturated rings. The van der Waals surface area contributed by atoms with Crippen molar-refractivity contribution in [3.8, 4) is 0 Å². The average Bonchev–Trinajstić information content (AvgIpc) is 2.95. The third-order valence-corrected chi connectivity index (χ3v) is 4.85. The largest absolute Gasteiger partial charge is 0.360 e. The van der Waals surface area contributed by atoms with E-state index in [-0.39, 0.29) is 11.8 Å². The first-order valence-corrected chi connectivity index (χ1v) is 8.02. The monoisotopic (exact) mass is 291 g/mol. The fourth-order valence-corrected chi connectivity index (χ4v) is 3.65. The summed E-state index contributed by atoms with van der Waals surface area (Å²) >= 11 is 0. The van der Waals surface area contributed by atoms with Crippen LogP contribution in [0.15, 0.2) is 10.6 Å². The summed E-state index contributed by atoms with van der Waals surface area (Å²) in [7, 11) is 2.17. The fourth-order valence-electron chi connectivity index (χ4n) is 3.65. The number of likely N-dealkylation sites (tertiary alicyclic amines) is 2.